The third-order valence-corrected chi connectivity index (χ3v) is 3.65. The molecule has 1 aromatic rings. The van der Waals surface area contributed by atoms with Crippen LogP contribution in [0.15, 0.2) is 24.5 Å². The summed E-state index contributed by atoms with van der Waals surface area (Å²) in [5, 5.41) is 0. The molecule has 0 spiro atoms. The van der Waals surface area contributed by atoms with Crippen LogP contribution in [0, 0.1) is 5.92 Å². The van der Waals surface area contributed by atoms with Gasteiger partial charge in [0.2, 0.25) is 0 Å². The molecule has 0 saturated carbocycles. The van der Waals surface area contributed by atoms with E-state index in [1.807, 2.05) is 11.0 Å². The molecule has 19 heavy (non-hydrogen) atoms. The predicted octanol–water partition coefficient (Wildman–Crippen LogP) is 2.36. The van der Waals surface area contributed by atoms with Crippen molar-refractivity contribution in [2.45, 2.75) is 25.1 Å². The summed E-state index contributed by atoms with van der Waals surface area (Å²) in [6.45, 7) is 0.986. The van der Waals surface area contributed by atoms with Crippen LogP contribution in [0.25, 0.3) is 0 Å². The number of hydrogen-bond donors (Lipinski definition) is 1. The van der Waals surface area contributed by atoms with Crippen molar-refractivity contribution in [2.24, 2.45) is 11.7 Å². The van der Waals surface area contributed by atoms with Crippen LogP contribution in [0.5, 0.6) is 0 Å². The molecule has 2 unspecified atom stereocenters. The van der Waals surface area contributed by atoms with Gasteiger partial charge in [-0.1, -0.05) is 6.07 Å². The number of aromatic nitrogens is 1. The molecule has 2 atom stereocenters. The van der Waals surface area contributed by atoms with E-state index in [1.54, 1.807) is 18.5 Å². The van der Waals surface area contributed by atoms with Crippen molar-refractivity contribution in [1.82, 2.24) is 9.88 Å². The highest BCUT2D eigenvalue weighted by Gasteiger charge is 2.42. The molecule has 6 heteroatoms. The predicted molar refractivity (Wildman–Crippen MR) is 66.4 cm³/mol. The maximum atomic E-state index is 12.8. The summed E-state index contributed by atoms with van der Waals surface area (Å²) in [5.74, 6) is -1.24. The Morgan fingerprint density at radius 2 is 2.26 bits per heavy atom. The number of rotatable bonds is 3. The van der Waals surface area contributed by atoms with Gasteiger partial charge in [0.1, 0.15) is 0 Å². The summed E-state index contributed by atoms with van der Waals surface area (Å²) >= 11 is 0. The van der Waals surface area contributed by atoms with Gasteiger partial charge in [-0.25, -0.2) is 0 Å². The molecule has 0 aliphatic carbocycles. The molecular formula is C13H18F3N3. The first-order valence-corrected chi connectivity index (χ1v) is 6.43. The Bertz CT molecular complexity index is 394. The van der Waals surface area contributed by atoms with Gasteiger partial charge in [-0.05, 0) is 31.0 Å². The smallest absolute Gasteiger partial charge is 0.329 e. The molecule has 2 rings (SSSR count). The summed E-state index contributed by atoms with van der Waals surface area (Å²) in [4.78, 5) is 5.84. The van der Waals surface area contributed by atoms with Crippen LogP contribution >= 0.6 is 0 Å². The number of halogens is 3. The van der Waals surface area contributed by atoms with Gasteiger partial charge < -0.3 is 5.73 Å². The minimum atomic E-state index is -4.12. The van der Waals surface area contributed by atoms with E-state index in [0.29, 0.717) is 19.5 Å². The van der Waals surface area contributed by atoms with Crippen LogP contribution in [0.1, 0.15) is 24.4 Å². The molecule has 1 fully saturated rings. The number of pyridine rings is 1. The molecular weight excluding hydrogens is 255 g/mol. The fourth-order valence-electron chi connectivity index (χ4n) is 2.63. The monoisotopic (exact) mass is 273 g/mol. The Hall–Kier alpha value is -1.14. The number of piperidine rings is 1. The molecule has 1 saturated heterocycles. The number of likely N-dealkylation sites (tertiary alicyclic amines) is 1. The highest BCUT2D eigenvalue weighted by molar-refractivity contribution is 5.14. The van der Waals surface area contributed by atoms with E-state index in [-0.39, 0.29) is 19.0 Å². The van der Waals surface area contributed by atoms with E-state index >= 15 is 0 Å². The van der Waals surface area contributed by atoms with E-state index in [2.05, 4.69) is 4.98 Å². The van der Waals surface area contributed by atoms with E-state index in [4.69, 9.17) is 5.73 Å². The zero-order valence-electron chi connectivity index (χ0n) is 10.6. The summed E-state index contributed by atoms with van der Waals surface area (Å²) in [6.07, 6.45) is -0.0292. The molecule has 0 radical (unpaired) electrons. The molecule has 0 aromatic carbocycles. The maximum Gasteiger partial charge on any atom is 0.393 e. The minimum absolute atomic E-state index is 0.0280. The Balaban J connectivity index is 2.11. The highest BCUT2D eigenvalue weighted by Crippen LogP contribution is 2.35. The molecule has 1 aromatic heterocycles. The van der Waals surface area contributed by atoms with E-state index in [0.717, 1.165) is 5.56 Å². The fraction of sp³-hybridized carbons (Fsp3) is 0.615. The fourth-order valence-corrected chi connectivity index (χ4v) is 2.63. The van der Waals surface area contributed by atoms with Crippen LogP contribution in [-0.4, -0.2) is 35.7 Å². The lowest BCUT2D eigenvalue weighted by Crippen LogP contribution is -2.45. The van der Waals surface area contributed by atoms with Crippen molar-refractivity contribution in [1.29, 1.82) is 0 Å². The van der Waals surface area contributed by atoms with Gasteiger partial charge in [0.25, 0.3) is 0 Å². The number of alkyl halides is 3. The Morgan fingerprint density at radius 3 is 2.84 bits per heavy atom. The largest absolute Gasteiger partial charge is 0.393 e. The lowest BCUT2D eigenvalue weighted by molar-refractivity contribution is -0.188. The molecule has 1 aliphatic heterocycles. The second-order valence-corrected chi connectivity index (χ2v) is 4.91. The van der Waals surface area contributed by atoms with Gasteiger partial charge in [0, 0.05) is 31.5 Å². The van der Waals surface area contributed by atoms with Crippen LogP contribution in [-0.2, 0) is 0 Å². The van der Waals surface area contributed by atoms with Crippen molar-refractivity contribution in [2.75, 3.05) is 19.6 Å². The van der Waals surface area contributed by atoms with Crippen molar-refractivity contribution in [3.05, 3.63) is 30.1 Å². The molecule has 0 amide bonds. The molecule has 2 N–H and O–H groups in total. The zero-order valence-corrected chi connectivity index (χ0v) is 10.6. The number of nitrogens with two attached hydrogens (primary N) is 1. The molecule has 0 bridgehead atoms. The van der Waals surface area contributed by atoms with Crippen LogP contribution in [0.4, 0.5) is 13.2 Å². The van der Waals surface area contributed by atoms with E-state index in [1.165, 1.54) is 0 Å². The van der Waals surface area contributed by atoms with Gasteiger partial charge in [-0.15, -0.1) is 0 Å². The second-order valence-electron chi connectivity index (χ2n) is 4.91. The average molecular weight is 273 g/mol. The van der Waals surface area contributed by atoms with Gasteiger partial charge in [0.05, 0.1) is 5.92 Å². The molecule has 3 nitrogen and oxygen atoms in total. The first-order chi connectivity index (χ1) is 9.02. The quantitative estimate of drug-likeness (QED) is 0.919. The standard InChI is InChI=1S/C13H18F3N3/c14-13(15,16)11-4-2-6-19(9-11)12(7-17)10-3-1-5-18-8-10/h1,3,5,8,11-12H,2,4,6-7,9,17H2. The van der Waals surface area contributed by atoms with Crippen molar-refractivity contribution in [3.63, 3.8) is 0 Å². The summed E-state index contributed by atoms with van der Waals surface area (Å²) in [7, 11) is 0. The molecule has 2 heterocycles. The van der Waals surface area contributed by atoms with Crippen molar-refractivity contribution < 1.29 is 13.2 Å². The molecule has 106 valence electrons. The number of hydrogen-bond acceptors (Lipinski definition) is 3. The lowest BCUT2D eigenvalue weighted by atomic mass is 9.94. The topological polar surface area (TPSA) is 42.1 Å². The number of nitrogens with zero attached hydrogens (tertiary/aromatic N) is 2. The summed E-state index contributed by atoms with van der Waals surface area (Å²) in [6, 6.07) is 3.46. The SMILES string of the molecule is NCC(c1cccnc1)N1CCCC(C(F)(F)F)C1. The van der Waals surface area contributed by atoms with Crippen molar-refractivity contribution >= 4 is 0 Å². The lowest BCUT2D eigenvalue weighted by Gasteiger charge is -2.38. The third kappa shape index (κ3) is 3.45. The van der Waals surface area contributed by atoms with Gasteiger partial charge in [-0.2, -0.15) is 13.2 Å². The van der Waals surface area contributed by atoms with Gasteiger partial charge >= 0.3 is 6.18 Å². The Morgan fingerprint density at radius 1 is 1.47 bits per heavy atom. The molecule has 1 aliphatic rings. The Labute approximate surface area is 110 Å². The van der Waals surface area contributed by atoms with Gasteiger partial charge in [-0.3, -0.25) is 9.88 Å². The van der Waals surface area contributed by atoms with E-state index in [9.17, 15) is 13.2 Å². The van der Waals surface area contributed by atoms with Crippen molar-refractivity contribution in [3.8, 4) is 0 Å². The summed E-state index contributed by atoms with van der Waals surface area (Å²) < 4.78 is 38.4. The van der Waals surface area contributed by atoms with Gasteiger partial charge in [0.15, 0.2) is 0 Å². The van der Waals surface area contributed by atoms with Crippen LogP contribution < -0.4 is 5.73 Å². The highest BCUT2D eigenvalue weighted by atomic mass is 19.4. The Kier molecular flexibility index (Phi) is 4.42. The normalized spacial score (nSPS) is 23.3. The maximum absolute atomic E-state index is 12.8. The van der Waals surface area contributed by atoms with Crippen LogP contribution in [0.2, 0.25) is 0 Å². The average Bonchev–Trinajstić information content (AvgIpc) is 2.40. The van der Waals surface area contributed by atoms with Crippen LogP contribution in [0.3, 0.4) is 0 Å². The third-order valence-electron chi connectivity index (χ3n) is 3.65. The second kappa shape index (κ2) is 5.88. The first kappa shape index (κ1) is 14.3. The van der Waals surface area contributed by atoms with E-state index < -0.39 is 12.1 Å². The first-order valence-electron chi connectivity index (χ1n) is 6.43. The minimum Gasteiger partial charge on any atom is -0.329 e. The summed E-state index contributed by atoms with van der Waals surface area (Å²) in [5.41, 5.74) is 6.62. The zero-order chi connectivity index (χ0) is 13.9.